The highest BCUT2D eigenvalue weighted by atomic mass is 16.5. The fourth-order valence-electron chi connectivity index (χ4n) is 2.14. The molecule has 3 nitrogen and oxygen atoms in total. The largest absolute Gasteiger partial charge is 0.487 e. The minimum absolute atomic E-state index is 0.465. The number of nitrogens with one attached hydrogen (secondary N) is 1. The van der Waals surface area contributed by atoms with Gasteiger partial charge in [0.15, 0.2) is 0 Å². The van der Waals surface area contributed by atoms with Crippen molar-refractivity contribution >= 4 is 0 Å². The summed E-state index contributed by atoms with van der Waals surface area (Å²) in [5.74, 6) is 0.811. The average molecular weight is 284 g/mol. The molecule has 0 saturated heterocycles. The third-order valence-electron chi connectivity index (χ3n) is 3.52. The molecule has 112 valence electrons. The van der Waals surface area contributed by atoms with E-state index in [4.69, 9.17) is 4.74 Å². The zero-order valence-corrected chi connectivity index (χ0v) is 13.3. The molecule has 21 heavy (non-hydrogen) atoms. The summed E-state index contributed by atoms with van der Waals surface area (Å²) in [4.78, 5) is 4.42. The predicted molar refractivity (Wildman–Crippen MR) is 86.5 cm³/mol. The van der Waals surface area contributed by atoms with Crippen molar-refractivity contribution < 1.29 is 4.74 Å². The van der Waals surface area contributed by atoms with Crippen molar-refractivity contribution in [3.63, 3.8) is 0 Å². The smallest absolute Gasteiger partial charge is 0.138 e. The Balaban J connectivity index is 1.95. The van der Waals surface area contributed by atoms with Gasteiger partial charge in [-0.25, -0.2) is 0 Å². The lowest BCUT2D eigenvalue weighted by Gasteiger charge is -2.12. The molecular formula is C18H24N2O. The summed E-state index contributed by atoms with van der Waals surface area (Å²) in [6.45, 7) is 9.86. The van der Waals surface area contributed by atoms with E-state index in [-0.39, 0.29) is 0 Å². The van der Waals surface area contributed by atoms with E-state index in [1.807, 2.05) is 12.1 Å². The van der Waals surface area contributed by atoms with Gasteiger partial charge in [0.05, 0.1) is 11.9 Å². The number of rotatable bonds is 6. The van der Waals surface area contributed by atoms with Crippen molar-refractivity contribution in [3.8, 4) is 5.75 Å². The predicted octanol–water partition coefficient (Wildman–Crippen LogP) is 3.78. The second-order valence-electron chi connectivity index (χ2n) is 5.68. The lowest BCUT2D eigenvalue weighted by Crippen LogP contribution is -2.22. The zero-order valence-electron chi connectivity index (χ0n) is 13.3. The third-order valence-corrected chi connectivity index (χ3v) is 3.52. The second-order valence-corrected chi connectivity index (χ2v) is 5.68. The number of ether oxygens (including phenoxy) is 1. The molecule has 1 aromatic carbocycles. The summed E-state index contributed by atoms with van der Waals surface area (Å²) in [6.07, 6.45) is 1.80. The minimum atomic E-state index is 0.465. The van der Waals surface area contributed by atoms with E-state index in [1.165, 1.54) is 16.7 Å². The molecule has 0 amide bonds. The van der Waals surface area contributed by atoms with Gasteiger partial charge in [0.1, 0.15) is 12.4 Å². The minimum Gasteiger partial charge on any atom is -0.487 e. The van der Waals surface area contributed by atoms with Crippen LogP contribution in [0.25, 0.3) is 0 Å². The van der Waals surface area contributed by atoms with Crippen molar-refractivity contribution in [1.29, 1.82) is 0 Å². The lowest BCUT2D eigenvalue weighted by molar-refractivity contribution is 0.303. The fourth-order valence-corrected chi connectivity index (χ4v) is 2.14. The molecule has 1 heterocycles. The maximum absolute atomic E-state index is 5.85. The fraction of sp³-hybridized carbons (Fsp3) is 0.389. The first kappa shape index (κ1) is 15.5. The maximum atomic E-state index is 5.85. The SMILES string of the molecule is Cc1cccc(C)c1COc1ccc(CNC(C)C)nc1. The van der Waals surface area contributed by atoms with Crippen LogP contribution in [0.15, 0.2) is 36.5 Å². The van der Waals surface area contributed by atoms with Crippen LogP contribution in [-0.4, -0.2) is 11.0 Å². The number of hydrogen-bond acceptors (Lipinski definition) is 3. The summed E-state index contributed by atoms with van der Waals surface area (Å²) >= 11 is 0. The van der Waals surface area contributed by atoms with Gasteiger partial charge in [-0.3, -0.25) is 4.98 Å². The van der Waals surface area contributed by atoms with E-state index in [1.54, 1.807) is 6.20 Å². The number of benzene rings is 1. The number of aryl methyl sites for hydroxylation is 2. The van der Waals surface area contributed by atoms with Crippen LogP contribution in [0.5, 0.6) is 5.75 Å². The van der Waals surface area contributed by atoms with Crippen LogP contribution in [0.4, 0.5) is 0 Å². The van der Waals surface area contributed by atoms with Gasteiger partial charge in [0, 0.05) is 12.6 Å². The van der Waals surface area contributed by atoms with Crippen LogP contribution < -0.4 is 10.1 Å². The Bertz CT molecular complexity index is 556. The van der Waals surface area contributed by atoms with E-state index in [9.17, 15) is 0 Å². The summed E-state index contributed by atoms with van der Waals surface area (Å²) in [5, 5.41) is 3.35. The van der Waals surface area contributed by atoms with Crippen molar-refractivity contribution in [2.75, 3.05) is 0 Å². The van der Waals surface area contributed by atoms with Crippen LogP contribution >= 0.6 is 0 Å². The molecular weight excluding hydrogens is 260 g/mol. The van der Waals surface area contributed by atoms with Crippen molar-refractivity contribution in [1.82, 2.24) is 10.3 Å². The molecule has 0 fully saturated rings. The monoisotopic (exact) mass is 284 g/mol. The van der Waals surface area contributed by atoms with E-state index in [2.05, 4.69) is 56.2 Å². The van der Waals surface area contributed by atoms with Gasteiger partial charge < -0.3 is 10.1 Å². The molecule has 1 N–H and O–H groups in total. The molecule has 2 rings (SSSR count). The van der Waals surface area contributed by atoms with Gasteiger partial charge in [0.2, 0.25) is 0 Å². The van der Waals surface area contributed by atoms with E-state index >= 15 is 0 Å². The quantitative estimate of drug-likeness (QED) is 0.876. The molecule has 1 aromatic heterocycles. The van der Waals surface area contributed by atoms with Crippen LogP contribution in [0, 0.1) is 13.8 Å². The van der Waals surface area contributed by atoms with Crippen LogP contribution in [0.3, 0.4) is 0 Å². The number of hydrogen-bond donors (Lipinski definition) is 1. The first-order valence-electron chi connectivity index (χ1n) is 7.42. The Morgan fingerprint density at radius 1 is 1.10 bits per heavy atom. The van der Waals surface area contributed by atoms with Gasteiger partial charge in [-0.15, -0.1) is 0 Å². The molecule has 2 aromatic rings. The maximum Gasteiger partial charge on any atom is 0.138 e. The zero-order chi connectivity index (χ0) is 15.2. The van der Waals surface area contributed by atoms with Crippen LogP contribution in [-0.2, 0) is 13.2 Å². The second kappa shape index (κ2) is 7.23. The Kier molecular flexibility index (Phi) is 5.34. The van der Waals surface area contributed by atoms with Gasteiger partial charge in [-0.2, -0.15) is 0 Å². The Hall–Kier alpha value is -1.87. The Morgan fingerprint density at radius 3 is 2.38 bits per heavy atom. The first-order chi connectivity index (χ1) is 10.1. The topological polar surface area (TPSA) is 34.1 Å². The standard InChI is InChI=1S/C18H24N2O/c1-13(2)19-10-16-8-9-17(11-20-16)21-12-18-14(3)6-5-7-15(18)4/h5-9,11,13,19H,10,12H2,1-4H3. The van der Waals surface area contributed by atoms with E-state index < -0.39 is 0 Å². The van der Waals surface area contributed by atoms with Crippen LogP contribution in [0.1, 0.15) is 36.2 Å². The molecule has 3 heteroatoms. The molecule has 0 saturated carbocycles. The summed E-state index contributed by atoms with van der Waals surface area (Å²) in [6, 6.07) is 10.8. The highest BCUT2D eigenvalue weighted by molar-refractivity contribution is 5.33. The van der Waals surface area contributed by atoms with Crippen molar-refractivity contribution in [2.24, 2.45) is 0 Å². The highest BCUT2D eigenvalue weighted by Gasteiger charge is 2.04. The molecule has 0 radical (unpaired) electrons. The van der Waals surface area contributed by atoms with Crippen molar-refractivity contribution in [3.05, 3.63) is 58.9 Å². The molecule has 0 unspecified atom stereocenters. The lowest BCUT2D eigenvalue weighted by atomic mass is 10.0. The van der Waals surface area contributed by atoms with Gasteiger partial charge in [0.25, 0.3) is 0 Å². The van der Waals surface area contributed by atoms with E-state index in [0.717, 1.165) is 18.0 Å². The molecule has 0 aliphatic heterocycles. The summed E-state index contributed by atoms with van der Waals surface area (Å²) in [7, 11) is 0. The Labute approximate surface area is 127 Å². The Morgan fingerprint density at radius 2 is 1.81 bits per heavy atom. The average Bonchev–Trinajstić information content (AvgIpc) is 2.46. The van der Waals surface area contributed by atoms with Gasteiger partial charge in [-0.05, 0) is 42.7 Å². The van der Waals surface area contributed by atoms with Gasteiger partial charge >= 0.3 is 0 Å². The molecule has 0 aliphatic rings. The molecule has 0 spiro atoms. The molecule has 0 bridgehead atoms. The number of nitrogens with zero attached hydrogens (tertiary/aromatic N) is 1. The first-order valence-corrected chi connectivity index (χ1v) is 7.42. The number of aromatic nitrogens is 1. The molecule has 0 aliphatic carbocycles. The van der Waals surface area contributed by atoms with Crippen LogP contribution in [0.2, 0.25) is 0 Å². The van der Waals surface area contributed by atoms with Gasteiger partial charge in [-0.1, -0.05) is 32.0 Å². The molecule has 0 atom stereocenters. The number of pyridine rings is 1. The van der Waals surface area contributed by atoms with E-state index in [0.29, 0.717) is 12.6 Å². The normalized spacial score (nSPS) is 10.9. The third kappa shape index (κ3) is 4.57. The highest BCUT2D eigenvalue weighted by Crippen LogP contribution is 2.17. The summed E-state index contributed by atoms with van der Waals surface area (Å²) in [5.41, 5.74) is 4.81. The van der Waals surface area contributed by atoms with Crippen molar-refractivity contribution in [2.45, 2.75) is 46.9 Å². The summed E-state index contributed by atoms with van der Waals surface area (Å²) < 4.78 is 5.85.